The van der Waals surface area contributed by atoms with Crippen molar-refractivity contribution < 1.29 is 0 Å². The number of rotatable bonds is 3. The molecule has 0 saturated heterocycles. The summed E-state index contributed by atoms with van der Waals surface area (Å²) in [6.45, 7) is 2.19. The average Bonchev–Trinajstić information content (AvgIpc) is 2.96. The first-order valence-electron chi connectivity index (χ1n) is 6.60. The third-order valence-electron chi connectivity index (χ3n) is 3.70. The second-order valence-corrected chi connectivity index (χ2v) is 5.12. The van der Waals surface area contributed by atoms with Gasteiger partial charge >= 0.3 is 0 Å². The zero-order chi connectivity index (χ0) is 12.5. The SMILES string of the molecule is CC(Nc1ccn(C)n1)c1ccc2c(c1)CCC2. The van der Waals surface area contributed by atoms with Gasteiger partial charge in [0, 0.05) is 19.3 Å². The number of nitrogens with zero attached hydrogens (tertiary/aromatic N) is 2. The lowest BCUT2D eigenvalue weighted by molar-refractivity contribution is 0.760. The van der Waals surface area contributed by atoms with Crippen LogP contribution in [-0.4, -0.2) is 9.78 Å². The molecule has 1 N–H and O–H groups in total. The number of nitrogens with one attached hydrogen (secondary N) is 1. The number of benzene rings is 1. The standard InChI is InChI=1S/C15H19N3/c1-11(16-15-8-9-18(2)17-15)13-7-6-12-4-3-5-14(12)10-13/h6-11H,3-5H2,1-2H3,(H,16,17). The maximum absolute atomic E-state index is 4.35. The van der Waals surface area contributed by atoms with Crippen molar-refractivity contribution in [3.63, 3.8) is 0 Å². The highest BCUT2D eigenvalue weighted by Gasteiger charge is 2.13. The first kappa shape index (κ1) is 11.3. The van der Waals surface area contributed by atoms with Crippen molar-refractivity contribution in [1.82, 2.24) is 9.78 Å². The summed E-state index contributed by atoms with van der Waals surface area (Å²) in [6, 6.07) is 9.18. The van der Waals surface area contributed by atoms with Gasteiger partial charge in [-0.3, -0.25) is 4.68 Å². The van der Waals surface area contributed by atoms with Gasteiger partial charge in [-0.15, -0.1) is 0 Å². The van der Waals surface area contributed by atoms with Crippen LogP contribution in [0.5, 0.6) is 0 Å². The molecule has 0 bridgehead atoms. The van der Waals surface area contributed by atoms with Gasteiger partial charge in [-0.25, -0.2) is 0 Å². The van der Waals surface area contributed by atoms with Crippen LogP contribution >= 0.6 is 0 Å². The van der Waals surface area contributed by atoms with Crippen LogP contribution in [0.15, 0.2) is 30.5 Å². The minimum atomic E-state index is 0.297. The van der Waals surface area contributed by atoms with Crippen molar-refractivity contribution in [2.45, 2.75) is 32.2 Å². The highest BCUT2D eigenvalue weighted by molar-refractivity contribution is 5.41. The van der Waals surface area contributed by atoms with Gasteiger partial charge in [0.2, 0.25) is 0 Å². The average molecular weight is 241 g/mol. The van der Waals surface area contributed by atoms with E-state index in [4.69, 9.17) is 0 Å². The molecular formula is C15H19N3. The monoisotopic (exact) mass is 241 g/mol. The Morgan fingerprint density at radius 3 is 2.83 bits per heavy atom. The third kappa shape index (κ3) is 2.13. The molecule has 1 aromatic carbocycles. The number of hydrogen-bond donors (Lipinski definition) is 1. The van der Waals surface area contributed by atoms with E-state index in [1.807, 2.05) is 24.0 Å². The predicted octanol–water partition coefficient (Wildman–Crippen LogP) is 3.08. The number of aryl methyl sites for hydroxylation is 3. The summed E-state index contributed by atoms with van der Waals surface area (Å²) in [4.78, 5) is 0. The van der Waals surface area contributed by atoms with Gasteiger partial charge < -0.3 is 5.32 Å². The lowest BCUT2D eigenvalue weighted by Gasteiger charge is -2.15. The number of aromatic nitrogens is 2. The van der Waals surface area contributed by atoms with E-state index in [0.29, 0.717) is 6.04 Å². The second-order valence-electron chi connectivity index (χ2n) is 5.12. The maximum atomic E-state index is 4.35. The number of hydrogen-bond acceptors (Lipinski definition) is 2. The molecule has 1 unspecified atom stereocenters. The van der Waals surface area contributed by atoms with Crippen molar-refractivity contribution in [3.8, 4) is 0 Å². The normalized spacial score (nSPS) is 15.4. The lowest BCUT2D eigenvalue weighted by atomic mass is 10.0. The molecule has 0 aliphatic heterocycles. The largest absolute Gasteiger partial charge is 0.362 e. The van der Waals surface area contributed by atoms with Crippen LogP contribution in [0.2, 0.25) is 0 Å². The fraction of sp³-hybridized carbons (Fsp3) is 0.400. The molecule has 3 heteroatoms. The molecule has 1 aliphatic carbocycles. The number of fused-ring (bicyclic) bond motifs is 1. The predicted molar refractivity (Wildman–Crippen MR) is 73.7 cm³/mol. The van der Waals surface area contributed by atoms with Gasteiger partial charge in [0.15, 0.2) is 0 Å². The molecule has 0 radical (unpaired) electrons. The van der Waals surface area contributed by atoms with E-state index in [-0.39, 0.29) is 0 Å². The van der Waals surface area contributed by atoms with E-state index in [0.717, 1.165) is 5.82 Å². The fourth-order valence-corrected chi connectivity index (χ4v) is 2.66. The topological polar surface area (TPSA) is 29.9 Å². The van der Waals surface area contributed by atoms with E-state index in [9.17, 15) is 0 Å². The van der Waals surface area contributed by atoms with Gasteiger partial charge in [0.25, 0.3) is 0 Å². The van der Waals surface area contributed by atoms with E-state index in [1.54, 1.807) is 0 Å². The van der Waals surface area contributed by atoms with E-state index in [1.165, 1.54) is 36.0 Å². The zero-order valence-electron chi connectivity index (χ0n) is 11.0. The Morgan fingerprint density at radius 1 is 1.22 bits per heavy atom. The van der Waals surface area contributed by atoms with Crippen LogP contribution in [0.25, 0.3) is 0 Å². The Kier molecular flexibility index (Phi) is 2.82. The summed E-state index contributed by atoms with van der Waals surface area (Å²) in [6.07, 6.45) is 5.75. The minimum Gasteiger partial charge on any atom is -0.362 e. The van der Waals surface area contributed by atoms with Crippen LogP contribution in [0.3, 0.4) is 0 Å². The molecule has 0 saturated carbocycles. The molecule has 18 heavy (non-hydrogen) atoms. The molecule has 1 aliphatic rings. The molecule has 0 fully saturated rings. The van der Waals surface area contributed by atoms with Crippen molar-refractivity contribution >= 4 is 5.82 Å². The molecule has 0 spiro atoms. The van der Waals surface area contributed by atoms with Crippen LogP contribution in [0.1, 0.15) is 36.1 Å². The Morgan fingerprint density at radius 2 is 2.06 bits per heavy atom. The Hall–Kier alpha value is -1.77. The smallest absolute Gasteiger partial charge is 0.148 e. The summed E-state index contributed by atoms with van der Waals surface area (Å²) in [5.41, 5.74) is 4.41. The van der Waals surface area contributed by atoms with Crippen LogP contribution in [-0.2, 0) is 19.9 Å². The zero-order valence-corrected chi connectivity index (χ0v) is 11.0. The molecule has 3 nitrogen and oxygen atoms in total. The Balaban J connectivity index is 1.78. The first-order valence-corrected chi connectivity index (χ1v) is 6.60. The summed E-state index contributed by atoms with van der Waals surface area (Å²) >= 11 is 0. The van der Waals surface area contributed by atoms with Gasteiger partial charge in [-0.2, -0.15) is 5.10 Å². The van der Waals surface area contributed by atoms with Crippen LogP contribution in [0, 0.1) is 0 Å². The molecule has 3 rings (SSSR count). The summed E-state index contributed by atoms with van der Waals surface area (Å²) in [5.74, 6) is 0.936. The van der Waals surface area contributed by atoms with Crippen molar-refractivity contribution in [1.29, 1.82) is 0 Å². The highest BCUT2D eigenvalue weighted by Crippen LogP contribution is 2.26. The van der Waals surface area contributed by atoms with Crippen molar-refractivity contribution in [2.75, 3.05) is 5.32 Å². The molecule has 1 heterocycles. The Labute approximate surface area is 108 Å². The van der Waals surface area contributed by atoms with E-state index < -0.39 is 0 Å². The quantitative estimate of drug-likeness (QED) is 0.895. The summed E-state index contributed by atoms with van der Waals surface area (Å²) in [7, 11) is 1.94. The van der Waals surface area contributed by atoms with Gasteiger partial charge in [-0.05, 0) is 42.9 Å². The van der Waals surface area contributed by atoms with Gasteiger partial charge in [0.1, 0.15) is 5.82 Å². The van der Waals surface area contributed by atoms with Crippen molar-refractivity contribution in [2.24, 2.45) is 7.05 Å². The lowest BCUT2D eigenvalue weighted by Crippen LogP contribution is -2.08. The fourth-order valence-electron chi connectivity index (χ4n) is 2.66. The molecule has 1 atom stereocenters. The van der Waals surface area contributed by atoms with Gasteiger partial charge in [-0.1, -0.05) is 18.2 Å². The first-order chi connectivity index (χ1) is 8.72. The molecule has 94 valence electrons. The molecule has 0 amide bonds. The maximum Gasteiger partial charge on any atom is 0.148 e. The van der Waals surface area contributed by atoms with Gasteiger partial charge in [0.05, 0.1) is 6.04 Å². The highest BCUT2D eigenvalue weighted by atomic mass is 15.3. The summed E-state index contributed by atoms with van der Waals surface area (Å²) < 4.78 is 1.82. The second kappa shape index (κ2) is 4.48. The van der Waals surface area contributed by atoms with Crippen LogP contribution < -0.4 is 5.32 Å². The summed E-state index contributed by atoms with van der Waals surface area (Å²) in [5, 5.41) is 7.79. The third-order valence-corrected chi connectivity index (χ3v) is 3.70. The molecule has 2 aromatic rings. The molecule has 1 aromatic heterocycles. The minimum absolute atomic E-state index is 0.297. The van der Waals surface area contributed by atoms with E-state index >= 15 is 0 Å². The van der Waals surface area contributed by atoms with Crippen LogP contribution in [0.4, 0.5) is 5.82 Å². The van der Waals surface area contributed by atoms with Crippen molar-refractivity contribution in [3.05, 3.63) is 47.2 Å². The molecular weight excluding hydrogens is 222 g/mol. The number of anilines is 1. The van der Waals surface area contributed by atoms with E-state index in [2.05, 4.69) is 35.5 Å². The Bertz CT molecular complexity index is 557.